The smallest absolute Gasteiger partial charge is 0.111 e. The van der Waals surface area contributed by atoms with E-state index < -0.39 is 5.67 Å². The van der Waals surface area contributed by atoms with Crippen LogP contribution >= 0.6 is 0 Å². The summed E-state index contributed by atoms with van der Waals surface area (Å²) >= 11 is 0. The Morgan fingerprint density at radius 3 is 2.64 bits per heavy atom. The van der Waals surface area contributed by atoms with Crippen LogP contribution < -0.4 is 0 Å². The summed E-state index contributed by atoms with van der Waals surface area (Å²) in [5.74, 6) is 0.889. The van der Waals surface area contributed by atoms with E-state index in [2.05, 4.69) is 13.8 Å². The van der Waals surface area contributed by atoms with Crippen LogP contribution in [0.2, 0.25) is 0 Å². The van der Waals surface area contributed by atoms with E-state index in [1.54, 1.807) is 6.92 Å². The highest BCUT2D eigenvalue weighted by atomic mass is 19.1. The Labute approximate surface area is 69.2 Å². The Bertz CT molecular complexity index is 129. The molecule has 0 nitrogen and oxygen atoms in total. The lowest BCUT2D eigenvalue weighted by Gasteiger charge is -2.38. The molecule has 0 aliphatic heterocycles. The van der Waals surface area contributed by atoms with Crippen molar-refractivity contribution in [1.82, 2.24) is 0 Å². The SMILES string of the molecule is CCC1CCCC(C)(F)C1C. The van der Waals surface area contributed by atoms with Gasteiger partial charge in [-0.1, -0.05) is 20.3 Å². The van der Waals surface area contributed by atoms with E-state index >= 15 is 0 Å². The minimum Gasteiger partial charge on any atom is -0.244 e. The van der Waals surface area contributed by atoms with Crippen molar-refractivity contribution in [3.05, 3.63) is 0 Å². The number of rotatable bonds is 1. The molecule has 0 aromatic carbocycles. The van der Waals surface area contributed by atoms with Crippen molar-refractivity contribution < 1.29 is 4.39 Å². The second-order valence-electron chi connectivity index (χ2n) is 4.13. The van der Waals surface area contributed by atoms with Gasteiger partial charge in [0.15, 0.2) is 0 Å². The molecule has 3 unspecified atom stereocenters. The van der Waals surface area contributed by atoms with E-state index in [0.717, 1.165) is 19.3 Å². The Balaban J connectivity index is 2.60. The average molecular weight is 158 g/mol. The summed E-state index contributed by atoms with van der Waals surface area (Å²) in [6, 6.07) is 0. The van der Waals surface area contributed by atoms with Crippen LogP contribution in [-0.4, -0.2) is 5.67 Å². The van der Waals surface area contributed by atoms with Crippen molar-refractivity contribution in [3.8, 4) is 0 Å². The summed E-state index contributed by atoms with van der Waals surface area (Å²) in [6.45, 7) is 6.00. The van der Waals surface area contributed by atoms with Gasteiger partial charge in [-0.15, -0.1) is 0 Å². The lowest BCUT2D eigenvalue weighted by Crippen LogP contribution is -2.36. The van der Waals surface area contributed by atoms with Crippen molar-refractivity contribution in [2.75, 3.05) is 0 Å². The molecule has 0 aromatic rings. The molecule has 3 atom stereocenters. The van der Waals surface area contributed by atoms with Crippen LogP contribution in [0.25, 0.3) is 0 Å². The van der Waals surface area contributed by atoms with Crippen molar-refractivity contribution in [2.24, 2.45) is 11.8 Å². The molecule has 11 heavy (non-hydrogen) atoms. The summed E-state index contributed by atoms with van der Waals surface area (Å²) in [6.07, 6.45) is 4.22. The number of halogens is 1. The van der Waals surface area contributed by atoms with E-state index in [0.29, 0.717) is 5.92 Å². The first-order valence-corrected chi connectivity index (χ1v) is 4.77. The maximum absolute atomic E-state index is 13.7. The standard InChI is InChI=1S/C10H19F/c1-4-9-6-5-7-10(3,11)8(9)2/h8-9H,4-7H2,1-3H3. The second-order valence-corrected chi connectivity index (χ2v) is 4.13. The van der Waals surface area contributed by atoms with Crippen LogP contribution in [0.3, 0.4) is 0 Å². The Kier molecular flexibility index (Phi) is 2.56. The molecule has 0 radical (unpaired) electrons. The maximum atomic E-state index is 13.7. The van der Waals surface area contributed by atoms with Gasteiger partial charge < -0.3 is 0 Å². The predicted molar refractivity (Wildman–Crippen MR) is 46.3 cm³/mol. The number of alkyl halides is 1. The minimum absolute atomic E-state index is 0.265. The maximum Gasteiger partial charge on any atom is 0.111 e. The van der Waals surface area contributed by atoms with Gasteiger partial charge in [0.25, 0.3) is 0 Å². The Morgan fingerprint density at radius 1 is 1.55 bits per heavy atom. The molecule has 0 spiro atoms. The summed E-state index contributed by atoms with van der Waals surface area (Å²) in [7, 11) is 0. The van der Waals surface area contributed by atoms with E-state index in [9.17, 15) is 4.39 Å². The van der Waals surface area contributed by atoms with Gasteiger partial charge in [0.1, 0.15) is 5.67 Å². The van der Waals surface area contributed by atoms with Gasteiger partial charge in [0.05, 0.1) is 0 Å². The van der Waals surface area contributed by atoms with Crippen molar-refractivity contribution in [2.45, 2.75) is 52.1 Å². The van der Waals surface area contributed by atoms with Gasteiger partial charge in [-0.2, -0.15) is 0 Å². The van der Waals surface area contributed by atoms with Crippen LogP contribution in [0.5, 0.6) is 0 Å². The third kappa shape index (κ3) is 1.74. The van der Waals surface area contributed by atoms with Gasteiger partial charge in [0, 0.05) is 0 Å². The Hall–Kier alpha value is -0.0700. The van der Waals surface area contributed by atoms with Crippen LogP contribution in [0.15, 0.2) is 0 Å². The zero-order valence-corrected chi connectivity index (χ0v) is 7.86. The fraction of sp³-hybridized carbons (Fsp3) is 1.00. The van der Waals surface area contributed by atoms with Crippen molar-refractivity contribution >= 4 is 0 Å². The average Bonchev–Trinajstić information content (AvgIpc) is 1.95. The zero-order valence-electron chi connectivity index (χ0n) is 7.86. The van der Waals surface area contributed by atoms with Gasteiger partial charge in [-0.25, -0.2) is 4.39 Å². The van der Waals surface area contributed by atoms with Crippen LogP contribution in [0, 0.1) is 11.8 Å². The fourth-order valence-electron chi connectivity index (χ4n) is 2.24. The third-order valence-corrected chi connectivity index (χ3v) is 3.42. The molecule has 1 aliphatic carbocycles. The summed E-state index contributed by atoms with van der Waals surface area (Å²) in [5.41, 5.74) is -0.890. The first-order valence-electron chi connectivity index (χ1n) is 4.77. The summed E-state index contributed by atoms with van der Waals surface area (Å²) in [4.78, 5) is 0. The van der Waals surface area contributed by atoms with Gasteiger partial charge >= 0.3 is 0 Å². The number of hydrogen-bond acceptors (Lipinski definition) is 0. The van der Waals surface area contributed by atoms with E-state index in [4.69, 9.17) is 0 Å². The van der Waals surface area contributed by atoms with Crippen LogP contribution in [0.4, 0.5) is 4.39 Å². The number of hydrogen-bond donors (Lipinski definition) is 0. The molecule has 0 N–H and O–H groups in total. The molecular weight excluding hydrogens is 139 g/mol. The normalized spacial score (nSPS) is 45.8. The monoisotopic (exact) mass is 158 g/mol. The lowest BCUT2D eigenvalue weighted by atomic mass is 9.71. The zero-order chi connectivity index (χ0) is 8.48. The van der Waals surface area contributed by atoms with Crippen molar-refractivity contribution in [3.63, 3.8) is 0 Å². The largest absolute Gasteiger partial charge is 0.244 e. The molecule has 0 heterocycles. The van der Waals surface area contributed by atoms with E-state index in [1.807, 2.05) is 0 Å². The van der Waals surface area contributed by atoms with Crippen molar-refractivity contribution in [1.29, 1.82) is 0 Å². The molecule has 1 saturated carbocycles. The van der Waals surface area contributed by atoms with Gasteiger partial charge in [0.2, 0.25) is 0 Å². The van der Waals surface area contributed by atoms with Gasteiger partial charge in [-0.3, -0.25) is 0 Å². The topological polar surface area (TPSA) is 0 Å². The van der Waals surface area contributed by atoms with Crippen LogP contribution in [0.1, 0.15) is 46.5 Å². The molecule has 66 valence electrons. The lowest BCUT2D eigenvalue weighted by molar-refractivity contribution is 0.0252. The summed E-state index contributed by atoms with van der Waals surface area (Å²) in [5, 5.41) is 0. The van der Waals surface area contributed by atoms with Crippen LogP contribution in [-0.2, 0) is 0 Å². The highest BCUT2D eigenvalue weighted by Gasteiger charge is 2.38. The first-order chi connectivity index (χ1) is 5.08. The predicted octanol–water partition coefficient (Wildman–Crippen LogP) is 3.56. The van der Waals surface area contributed by atoms with Gasteiger partial charge in [-0.05, 0) is 38.0 Å². The quantitative estimate of drug-likeness (QED) is 0.547. The third-order valence-electron chi connectivity index (χ3n) is 3.42. The molecule has 1 fully saturated rings. The highest BCUT2D eigenvalue weighted by molar-refractivity contribution is 4.88. The molecule has 0 aromatic heterocycles. The van der Waals surface area contributed by atoms with E-state index in [-0.39, 0.29) is 5.92 Å². The molecule has 1 rings (SSSR count). The first kappa shape index (κ1) is 9.02. The summed E-state index contributed by atoms with van der Waals surface area (Å²) < 4.78 is 13.7. The minimum atomic E-state index is -0.890. The second kappa shape index (κ2) is 3.12. The molecule has 1 heteroatoms. The molecule has 1 aliphatic rings. The molecule has 0 bridgehead atoms. The Morgan fingerprint density at radius 2 is 2.18 bits per heavy atom. The molecule has 0 amide bonds. The molecule has 0 saturated heterocycles. The molecular formula is C10H19F. The fourth-order valence-corrected chi connectivity index (χ4v) is 2.24. The van der Waals surface area contributed by atoms with E-state index in [1.165, 1.54) is 6.42 Å². The highest BCUT2D eigenvalue weighted by Crippen LogP contribution is 2.41.